The number of hydrogen-bond donors (Lipinski definition) is 0. The molecule has 3 heterocycles. The van der Waals surface area contributed by atoms with Crippen molar-refractivity contribution in [2.24, 2.45) is 0 Å². The molecule has 126 valence electrons. The van der Waals surface area contributed by atoms with Crippen molar-refractivity contribution in [1.29, 1.82) is 0 Å². The van der Waals surface area contributed by atoms with E-state index in [-0.39, 0.29) is 0 Å². The Labute approximate surface area is 152 Å². The number of halogens is 1. The number of aromatic nitrogens is 2. The Morgan fingerprint density at radius 2 is 1.76 bits per heavy atom. The van der Waals surface area contributed by atoms with Crippen LogP contribution in [0.15, 0.2) is 42.7 Å². The summed E-state index contributed by atoms with van der Waals surface area (Å²) in [5.74, 6) is 1.15. The summed E-state index contributed by atoms with van der Waals surface area (Å²) in [6.45, 7) is 4.01. The first-order valence-electron chi connectivity index (χ1n) is 8.81. The van der Waals surface area contributed by atoms with Crippen LogP contribution in [0, 0.1) is 0 Å². The van der Waals surface area contributed by atoms with Crippen LogP contribution in [-0.2, 0) is 13.0 Å². The number of hydrogen-bond acceptors (Lipinski definition) is 4. The number of nitrogens with zero attached hydrogens (tertiary/aromatic N) is 4. The van der Waals surface area contributed by atoms with Crippen molar-refractivity contribution in [3.63, 3.8) is 0 Å². The van der Waals surface area contributed by atoms with Crippen LogP contribution in [0.3, 0.4) is 0 Å². The third kappa shape index (κ3) is 2.44. The summed E-state index contributed by atoms with van der Waals surface area (Å²) < 4.78 is 0. The Kier molecular flexibility index (Phi) is 3.52. The predicted molar refractivity (Wildman–Crippen MR) is 103 cm³/mol. The fourth-order valence-corrected chi connectivity index (χ4v) is 4.16. The van der Waals surface area contributed by atoms with E-state index in [1.165, 1.54) is 23.1 Å². The lowest BCUT2D eigenvalue weighted by Gasteiger charge is -2.37. The maximum Gasteiger partial charge on any atom is 0.135 e. The van der Waals surface area contributed by atoms with E-state index in [9.17, 15) is 0 Å². The molecule has 0 bridgehead atoms. The zero-order valence-electron chi connectivity index (χ0n) is 14.0. The van der Waals surface area contributed by atoms with E-state index >= 15 is 0 Å². The molecule has 2 aromatic carbocycles. The summed E-state index contributed by atoms with van der Waals surface area (Å²) in [6, 6.07) is 12.5. The summed E-state index contributed by atoms with van der Waals surface area (Å²) in [4.78, 5) is 13.9. The Balaban J connectivity index is 1.55. The molecule has 0 radical (unpaired) electrons. The van der Waals surface area contributed by atoms with Crippen LogP contribution in [0.5, 0.6) is 0 Å². The van der Waals surface area contributed by atoms with Gasteiger partial charge in [-0.3, -0.25) is 0 Å². The van der Waals surface area contributed by atoms with Crippen LogP contribution in [0.25, 0.3) is 10.8 Å². The second kappa shape index (κ2) is 5.88. The molecular formula is C20H19ClN4. The van der Waals surface area contributed by atoms with Gasteiger partial charge in [0, 0.05) is 36.3 Å². The second-order valence-corrected chi connectivity index (χ2v) is 7.16. The summed E-state index contributed by atoms with van der Waals surface area (Å²) >= 11 is 6.52. The van der Waals surface area contributed by atoms with Crippen LogP contribution >= 0.6 is 11.6 Å². The van der Waals surface area contributed by atoms with Gasteiger partial charge in [0.15, 0.2) is 0 Å². The number of anilines is 2. The first kappa shape index (κ1) is 15.0. The monoisotopic (exact) mass is 350 g/mol. The molecule has 5 heteroatoms. The normalized spacial score (nSPS) is 16.7. The van der Waals surface area contributed by atoms with Crippen molar-refractivity contribution in [1.82, 2.24) is 9.97 Å². The average Bonchev–Trinajstić information content (AvgIpc) is 2.60. The Morgan fingerprint density at radius 3 is 2.56 bits per heavy atom. The van der Waals surface area contributed by atoms with E-state index in [1.807, 2.05) is 12.1 Å². The Morgan fingerprint density at radius 1 is 0.920 bits per heavy atom. The summed E-state index contributed by atoms with van der Waals surface area (Å²) in [6.07, 6.45) is 3.95. The second-order valence-electron chi connectivity index (χ2n) is 6.75. The zero-order valence-corrected chi connectivity index (χ0v) is 14.7. The molecule has 2 aliphatic rings. The molecule has 3 aromatic rings. The lowest BCUT2D eigenvalue weighted by Crippen LogP contribution is -2.40. The molecule has 25 heavy (non-hydrogen) atoms. The standard InChI is InChI=1S/C20H19ClN4/c21-16-6-1-4-14-5-2-7-18(19(14)16)25-11-8-15-17(12-25)22-13-23-20(15)24-9-3-10-24/h1-2,4-7,13H,3,8-12H2. The third-order valence-corrected chi connectivity index (χ3v) is 5.63. The SMILES string of the molecule is Clc1cccc2cccc(N3CCc4c(ncnc4N4CCC4)C3)c12. The predicted octanol–water partition coefficient (Wildman–Crippen LogP) is 4.06. The van der Waals surface area contributed by atoms with Gasteiger partial charge in [-0.05, 0) is 30.4 Å². The van der Waals surface area contributed by atoms with E-state index in [4.69, 9.17) is 11.6 Å². The van der Waals surface area contributed by atoms with E-state index < -0.39 is 0 Å². The van der Waals surface area contributed by atoms with Gasteiger partial charge >= 0.3 is 0 Å². The molecule has 1 saturated heterocycles. The maximum absolute atomic E-state index is 6.52. The molecule has 0 amide bonds. The van der Waals surface area contributed by atoms with Crippen molar-refractivity contribution in [3.05, 3.63) is 59.0 Å². The van der Waals surface area contributed by atoms with E-state index in [1.54, 1.807) is 6.33 Å². The first-order chi connectivity index (χ1) is 12.3. The first-order valence-corrected chi connectivity index (χ1v) is 9.19. The van der Waals surface area contributed by atoms with Crippen molar-refractivity contribution >= 4 is 33.9 Å². The molecule has 1 aromatic heterocycles. The van der Waals surface area contributed by atoms with Gasteiger partial charge in [0.05, 0.1) is 17.3 Å². The summed E-state index contributed by atoms with van der Waals surface area (Å²) in [5, 5.41) is 3.12. The van der Waals surface area contributed by atoms with Crippen molar-refractivity contribution in [3.8, 4) is 0 Å². The highest BCUT2D eigenvalue weighted by atomic mass is 35.5. The number of rotatable bonds is 2. The van der Waals surface area contributed by atoms with Crippen LogP contribution in [0.4, 0.5) is 11.5 Å². The van der Waals surface area contributed by atoms with Gasteiger partial charge in [-0.25, -0.2) is 9.97 Å². The largest absolute Gasteiger partial charge is 0.365 e. The molecule has 1 fully saturated rings. The Bertz CT molecular complexity index is 946. The van der Waals surface area contributed by atoms with Crippen LogP contribution in [-0.4, -0.2) is 29.6 Å². The Hall–Kier alpha value is -2.33. The fourth-order valence-electron chi connectivity index (χ4n) is 3.88. The van der Waals surface area contributed by atoms with Gasteiger partial charge in [0.1, 0.15) is 12.1 Å². The van der Waals surface area contributed by atoms with E-state index in [0.717, 1.165) is 54.5 Å². The highest BCUT2D eigenvalue weighted by molar-refractivity contribution is 6.36. The molecule has 4 nitrogen and oxygen atoms in total. The van der Waals surface area contributed by atoms with Crippen molar-refractivity contribution in [2.45, 2.75) is 19.4 Å². The van der Waals surface area contributed by atoms with Crippen molar-refractivity contribution in [2.75, 3.05) is 29.4 Å². The van der Waals surface area contributed by atoms with Crippen LogP contribution in [0.2, 0.25) is 5.02 Å². The molecule has 2 aliphatic heterocycles. The van der Waals surface area contributed by atoms with Gasteiger partial charge in [-0.1, -0.05) is 35.9 Å². The summed E-state index contributed by atoms with van der Waals surface area (Å²) in [7, 11) is 0. The van der Waals surface area contributed by atoms with Crippen LogP contribution in [0.1, 0.15) is 17.7 Å². The molecule has 0 unspecified atom stereocenters. The molecular weight excluding hydrogens is 332 g/mol. The topological polar surface area (TPSA) is 32.3 Å². The number of fused-ring (bicyclic) bond motifs is 2. The minimum absolute atomic E-state index is 0.808. The fraction of sp³-hybridized carbons (Fsp3) is 0.300. The molecule has 0 saturated carbocycles. The van der Waals surface area contributed by atoms with Gasteiger partial charge in [-0.2, -0.15) is 0 Å². The molecule has 0 atom stereocenters. The van der Waals surface area contributed by atoms with Gasteiger partial charge in [-0.15, -0.1) is 0 Å². The van der Waals surface area contributed by atoms with E-state index in [2.05, 4.69) is 44.0 Å². The quantitative estimate of drug-likeness (QED) is 0.697. The highest BCUT2D eigenvalue weighted by Gasteiger charge is 2.26. The molecule has 5 rings (SSSR count). The smallest absolute Gasteiger partial charge is 0.135 e. The summed E-state index contributed by atoms with van der Waals surface area (Å²) in [5.41, 5.74) is 3.66. The average molecular weight is 351 g/mol. The van der Waals surface area contributed by atoms with Gasteiger partial charge < -0.3 is 9.80 Å². The zero-order chi connectivity index (χ0) is 16.8. The lowest BCUT2D eigenvalue weighted by atomic mass is 10.0. The third-order valence-electron chi connectivity index (χ3n) is 5.31. The minimum atomic E-state index is 0.808. The highest BCUT2D eigenvalue weighted by Crippen LogP contribution is 2.36. The number of benzene rings is 2. The molecule has 0 spiro atoms. The molecule has 0 N–H and O–H groups in total. The van der Waals surface area contributed by atoms with E-state index in [0.29, 0.717) is 0 Å². The lowest BCUT2D eigenvalue weighted by molar-refractivity contribution is 0.597. The van der Waals surface area contributed by atoms with Gasteiger partial charge in [0.25, 0.3) is 0 Å². The minimum Gasteiger partial charge on any atom is -0.365 e. The van der Waals surface area contributed by atoms with Crippen LogP contribution < -0.4 is 9.80 Å². The van der Waals surface area contributed by atoms with Gasteiger partial charge in [0.2, 0.25) is 0 Å². The van der Waals surface area contributed by atoms with Crippen molar-refractivity contribution < 1.29 is 0 Å². The maximum atomic E-state index is 6.52. The molecule has 0 aliphatic carbocycles.